The number of amides is 1. The summed E-state index contributed by atoms with van der Waals surface area (Å²) in [5.74, 6) is 0.561. The molecule has 39 heavy (non-hydrogen) atoms. The number of hydrogen-bond acceptors (Lipinski definition) is 8. The van der Waals surface area contributed by atoms with Gasteiger partial charge in [0.2, 0.25) is 0 Å². The molecule has 0 heterocycles. The van der Waals surface area contributed by atoms with Gasteiger partial charge in [0.25, 0.3) is 15.9 Å². The van der Waals surface area contributed by atoms with Crippen LogP contribution in [0.3, 0.4) is 0 Å². The molecule has 0 bridgehead atoms. The van der Waals surface area contributed by atoms with Gasteiger partial charge in [-0.15, -0.1) is 0 Å². The number of nitrogens with zero attached hydrogens (tertiary/aromatic N) is 3. The van der Waals surface area contributed by atoms with Crippen molar-refractivity contribution in [3.05, 3.63) is 70.7 Å². The smallest absolute Gasteiger partial charge is 0.264 e. The van der Waals surface area contributed by atoms with E-state index < -0.39 is 22.5 Å². The van der Waals surface area contributed by atoms with Crippen molar-refractivity contribution in [1.82, 2.24) is 5.43 Å². The van der Waals surface area contributed by atoms with Crippen LogP contribution in [-0.4, -0.2) is 62.0 Å². The average molecular weight is 620 g/mol. The van der Waals surface area contributed by atoms with Gasteiger partial charge in [0.05, 0.1) is 43.3 Å². The molecular formula is C27H31BrN4O6S. The van der Waals surface area contributed by atoms with Gasteiger partial charge in [-0.3, -0.25) is 9.10 Å². The largest absolute Gasteiger partial charge is 0.494 e. The van der Waals surface area contributed by atoms with Crippen LogP contribution in [0.15, 0.2) is 75.1 Å². The number of hydrazone groups is 1. The molecule has 10 nitrogen and oxygen atoms in total. The summed E-state index contributed by atoms with van der Waals surface area (Å²) in [6, 6.07) is 16.3. The molecule has 0 aliphatic rings. The SMILES string of the molecule is CCOc1ccc(N(CC(=O)N/N=C\c2ccc(N(C)C)c(Br)c2)S(=O)(=O)c2ccc(OC)c(OC)c2)cc1. The molecule has 3 aromatic rings. The average Bonchev–Trinajstić information content (AvgIpc) is 2.91. The monoisotopic (exact) mass is 618 g/mol. The number of rotatable bonds is 12. The number of halogens is 1. The minimum atomic E-state index is -4.19. The summed E-state index contributed by atoms with van der Waals surface area (Å²) in [5, 5.41) is 4.01. The Hall–Kier alpha value is -3.77. The van der Waals surface area contributed by atoms with Crippen LogP contribution in [-0.2, 0) is 14.8 Å². The maximum Gasteiger partial charge on any atom is 0.264 e. The van der Waals surface area contributed by atoms with Crippen LogP contribution in [0, 0.1) is 0 Å². The highest BCUT2D eigenvalue weighted by molar-refractivity contribution is 9.10. The second-order valence-corrected chi connectivity index (χ2v) is 11.1. The second kappa shape index (κ2) is 13.3. The van der Waals surface area contributed by atoms with Crippen LogP contribution in [0.1, 0.15) is 12.5 Å². The summed E-state index contributed by atoms with van der Waals surface area (Å²) in [5.41, 5.74) is 4.42. The van der Waals surface area contributed by atoms with Gasteiger partial charge in [-0.1, -0.05) is 6.07 Å². The fourth-order valence-electron chi connectivity index (χ4n) is 3.61. The Bertz CT molecular complexity index is 1430. The van der Waals surface area contributed by atoms with E-state index in [1.807, 2.05) is 44.1 Å². The lowest BCUT2D eigenvalue weighted by Gasteiger charge is -2.24. The summed E-state index contributed by atoms with van der Waals surface area (Å²) in [6.45, 7) is 1.79. The highest BCUT2D eigenvalue weighted by atomic mass is 79.9. The molecule has 0 spiro atoms. The summed E-state index contributed by atoms with van der Waals surface area (Å²) in [4.78, 5) is 14.8. The topological polar surface area (TPSA) is 110 Å². The van der Waals surface area contributed by atoms with E-state index in [0.29, 0.717) is 18.1 Å². The zero-order valence-corrected chi connectivity index (χ0v) is 24.7. The Morgan fingerprint density at radius 2 is 1.69 bits per heavy atom. The van der Waals surface area contributed by atoms with E-state index in [4.69, 9.17) is 14.2 Å². The second-order valence-electron chi connectivity index (χ2n) is 8.35. The molecule has 0 aromatic heterocycles. The normalized spacial score (nSPS) is 11.2. The van der Waals surface area contributed by atoms with Crippen LogP contribution >= 0.6 is 15.9 Å². The van der Waals surface area contributed by atoms with E-state index in [-0.39, 0.29) is 16.3 Å². The number of hydrogen-bond donors (Lipinski definition) is 1. The van der Waals surface area contributed by atoms with Gasteiger partial charge < -0.3 is 19.1 Å². The molecule has 0 atom stereocenters. The minimum Gasteiger partial charge on any atom is -0.494 e. The molecule has 208 valence electrons. The molecule has 12 heteroatoms. The number of anilines is 2. The third-order valence-corrected chi connectivity index (χ3v) is 7.93. The Labute approximate surface area is 237 Å². The van der Waals surface area contributed by atoms with Crippen molar-refractivity contribution in [2.24, 2.45) is 5.10 Å². The van der Waals surface area contributed by atoms with Crippen LogP contribution in [0.2, 0.25) is 0 Å². The number of methoxy groups -OCH3 is 2. The van der Waals surface area contributed by atoms with E-state index in [0.717, 1.165) is 20.0 Å². The lowest BCUT2D eigenvalue weighted by Crippen LogP contribution is -2.39. The molecule has 1 N–H and O–H groups in total. The first-order valence-electron chi connectivity index (χ1n) is 11.9. The number of ether oxygens (including phenoxy) is 3. The van der Waals surface area contributed by atoms with Gasteiger partial charge >= 0.3 is 0 Å². The van der Waals surface area contributed by atoms with Crippen LogP contribution < -0.4 is 28.8 Å². The van der Waals surface area contributed by atoms with Crippen molar-refractivity contribution in [3.63, 3.8) is 0 Å². The third kappa shape index (κ3) is 7.42. The third-order valence-electron chi connectivity index (χ3n) is 5.52. The van der Waals surface area contributed by atoms with E-state index in [1.54, 1.807) is 24.3 Å². The van der Waals surface area contributed by atoms with Gasteiger partial charge in [-0.05, 0) is 76.9 Å². The Balaban J connectivity index is 1.88. The van der Waals surface area contributed by atoms with E-state index in [1.165, 1.54) is 38.6 Å². The quantitative estimate of drug-likeness (QED) is 0.238. The molecule has 0 fully saturated rings. The van der Waals surface area contributed by atoms with E-state index in [2.05, 4.69) is 26.5 Å². The summed E-state index contributed by atoms with van der Waals surface area (Å²) in [7, 11) is 2.54. The van der Waals surface area contributed by atoms with Crippen LogP contribution in [0.25, 0.3) is 0 Å². The molecule has 0 aliphatic carbocycles. The highest BCUT2D eigenvalue weighted by Gasteiger charge is 2.28. The Kier molecular flexibility index (Phi) is 10.2. The first kappa shape index (κ1) is 29.8. The van der Waals surface area contributed by atoms with Gasteiger partial charge in [0.1, 0.15) is 12.3 Å². The summed E-state index contributed by atoms with van der Waals surface area (Å²) in [6.07, 6.45) is 1.48. The van der Waals surface area contributed by atoms with Crippen molar-refractivity contribution in [1.29, 1.82) is 0 Å². The van der Waals surface area contributed by atoms with Crippen molar-refractivity contribution in [3.8, 4) is 17.2 Å². The molecular weight excluding hydrogens is 588 g/mol. The molecule has 0 aliphatic heterocycles. The fourth-order valence-corrected chi connectivity index (χ4v) is 5.79. The van der Waals surface area contributed by atoms with Gasteiger partial charge in [-0.2, -0.15) is 5.10 Å². The molecule has 3 aromatic carbocycles. The molecule has 0 radical (unpaired) electrons. The van der Waals surface area contributed by atoms with Crippen molar-refractivity contribution in [2.45, 2.75) is 11.8 Å². The first-order chi connectivity index (χ1) is 18.6. The Morgan fingerprint density at radius 3 is 2.28 bits per heavy atom. The van der Waals surface area contributed by atoms with Gasteiger partial charge in [0, 0.05) is 24.6 Å². The maximum absolute atomic E-state index is 13.7. The number of carbonyl (C=O) groups excluding carboxylic acids is 1. The molecule has 0 saturated carbocycles. The summed E-state index contributed by atoms with van der Waals surface area (Å²) >= 11 is 3.52. The van der Waals surface area contributed by atoms with Gasteiger partial charge in [0.15, 0.2) is 11.5 Å². The lowest BCUT2D eigenvalue weighted by molar-refractivity contribution is -0.119. The molecule has 1 amide bonds. The van der Waals surface area contributed by atoms with Crippen molar-refractivity contribution >= 4 is 49.4 Å². The zero-order valence-electron chi connectivity index (χ0n) is 22.3. The van der Waals surface area contributed by atoms with E-state index in [9.17, 15) is 13.2 Å². The minimum absolute atomic E-state index is 0.0730. The highest BCUT2D eigenvalue weighted by Crippen LogP contribution is 2.32. The maximum atomic E-state index is 13.7. The first-order valence-corrected chi connectivity index (χ1v) is 14.1. The number of benzene rings is 3. The molecule has 3 rings (SSSR count). The lowest BCUT2D eigenvalue weighted by atomic mass is 10.2. The van der Waals surface area contributed by atoms with Crippen molar-refractivity contribution in [2.75, 3.05) is 50.7 Å². The zero-order chi connectivity index (χ0) is 28.6. The Morgan fingerprint density at radius 1 is 1.00 bits per heavy atom. The number of carbonyl (C=O) groups is 1. The standard InChI is InChI=1S/C27H31BrN4O6S/c1-6-38-21-10-8-20(9-11-21)32(39(34,35)22-12-14-25(36-4)26(16-22)37-5)18-27(33)30-29-17-19-7-13-24(31(2)3)23(28)15-19/h7-17H,6,18H2,1-5H3,(H,30,33)/b29-17-. The summed E-state index contributed by atoms with van der Waals surface area (Å²) < 4.78 is 45.3. The predicted molar refractivity (Wildman–Crippen MR) is 156 cm³/mol. The van der Waals surface area contributed by atoms with Crippen LogP contribution in [0.5, 0.6) is 17.2 Å². The predicted octanol–water partition coefficient (Wildman–Crippen LogP) is 4.28. The number of nitrogens with one attached hydrogen (secondary N) is 1. The van der Waals surface area contributed by atoms with Gasteiger partial charge in [-0.25, -0.2) is 13.8 Å². The van der Waals surface area contributed by atoms with E-state index >= 15 is 0 Å². The van der Waals surface area contributed by atoms with Crippen LogP contribution in [0.4, 0.5) is 11.4 Å². The fraction of sp³-hybridized carbons (Fsp3) is 0.259. The number of sulfonamides is 1. The molecule has 0 unspecified atom stereocenters. The molecule has 0 saturated heterocycles. The van der Waals surface area contributed by atoms with Crippen molar-refractivity contribution < 1.29 is 27.4 Å².